The van der Waals surface area contributed by atoms with Crippen LogP contribution in [0, 0.1) is 17.8 Å². The largest absolute Gasteiger partial charge is 0.0654 e. The van der Waals surface area contributed by atoms with Crippen LogP contribution in [0.15, 0.2) is 0 Å². The van der Waals surface area contributed by atoms with E-state index in [9.17, 15) is 0 Å². The molecule has 0 spiro atoms. The van der Waals surface area contributed by atoms with E-state index >= 15 is 0 Å². The molecule has 0 heterocycles. The van der Waals surface area contributed by atoms with Gasteiger partial charge in [0.2, 0.25) is 0 Å². The average molecular weight is 493 g/mol. The smallest absolute Gasteiger partial charge is 0.0443 e. The molecule has 212 valence electrons. The van der Waals surface area contributed by atoms with Gasteiger partial charge in [-0.15, -0.1) is 0 Å². The molecule has 0 saturated carbocycles. The quantitative estimate of drug-likeness (QED) is 0.0910. The van der Waals surface area contributed by atoms with Crippen LogP contribution >= 0.6 is 0 Å². The second-order valence-corrected chi connectivity index (χ2v) is 12.8. The van der Waals surface area contributed by atoms with Crippen molar-refractivity contribution >= 4 is 0 Å². The molecule has 0 bridgehead atoms. The Morgan fingerprint density at radius 1 is 0.257 bits per heavy atom. The molecular formula is C35H72. The molecule has 0 rings (SSSR count). The lowest BCUT2D eigenvalue weighted by molar-refractivity contribution is 0.389. The molecule has 0 amide bonds. The van der Waals surface area contributed by atoms with E-state index in [1.165, 1.54) is 173 Å². The Bertz CT molecular complexity index is 372. The van der Waals surface area contributed by atoms with Crippen LogP contribution in [0.5, 0.6) is 0 Å². The van der Waals surface area contributed by atoms with Gasteiger partial charge in [-0.3, -0.25) is 0 Å². The van der Waals surface area contributed by atoms with E-state index in [1.54, 1.807) is 0 Å². The van der Waals surface area contributed by atoms with Crippen molar-refractivity contribution in [3.63, 3.8) is 0 Å². The molecule has 0 aromatic heterocycles. The van der Waals surface area contributed by atoms with Gasteiger partial charge in [0.1, 0.15) is 0 Å². The topological polar surface area (TPSA) is 0 Å². The third-order valence-electron chi connectivity index (χ3n) is 8.64. The lowest BCUT2D eigenvalue weighted by atomic mass is 9.92. The molecule has 0 aromatic carbocycles. The van der Waals surface area contributed by atoms with Crippen molar-refractivity contribution in [3.8, 4) is 0 Å². The molecule has 0 fully saturated rings. The van der Waals surface area contributed by atoms with Gasteiger partial charge >= 0.3 is 0 Å². The lowest BCUT2D eigenvalue weighted by Gasteiger charge is -2.14. The monoisotopic (exact) mass is 493 g/mol. The van der Waals surface area contributed by atoms with E-state index in [4.69, 9.17) is 0 Å². The van der Waals surface area contributed by atoms with Gasteiger partial charge in [-0.2, -0.15) is 0 Å². The maximum Gasteiger partial charge on any atom is -0.0443 e. The summed E-state index contributed by atoms with van der Waals surface area (Å²) >= 11 is 0. The maximum atomic E-state index is 2.51. The van der Waals surface area contributed by atoms with Crippen molar-refractivity contribution in [3.05, 3.63) is 0 Å². The summed E-state index contributed by atoms with van der Waals surface area (Å²) in [6.45, 7) is 12.1. The van der Waals surface area contributed by atoms with Gasteiger partial charge in [-0.1, -0.05) is 208 Å². The van der Waals surface area contributed by atoms with E-state index < -0.39 is 0 Å². The SMILES string of the molecule is CCCCCCCCCCCCCCC(C)CCCC(C)CCCCCCCC(C)CCCCC. The van der Waals surface area contributed by atoms with Gasteiger partial charge in [0.15, 0.2) is 0 Å². The van der Waals surface area contributed by atoms with Crippen molar-refractivity contribution in [1.29, 1.82) is 0 Å². The Morgan fingerprint density at radius 3 is 0.771 bits per heavy atom. The zero-order valence-corrected chi connectivity index (χ0v) is 25.8. The first-order chi connectivity index (χ1) is 17.1. The van der Waals surface area contributed by atoms with Crippen molar-refractivity contribution in [2.24, 2.45) is 17.8 Å². The molecule has 0 radical (unpaired) electrons. The van der Waals surface area contributed by atoms with Crippen LogP contribution in [-0.4, -0.2) is 0 Å². The van der Waals surface area contributed by atoms with Crippen LogP contribution < -0.4 is 0 Å². The molecule has 0 heteroatoms. The van der Waals surface area contributed by atoms with E-state index in [1.807, 2.05) is 0 Å². The summed E-state index contributed by atoms with van der Waals surface area (Å²) in [5, 5.41) is 0. The normalized spacial score (nSPS) is 14.3. The molecule has 0 N–H and O–H groups in total. The first-order valence-corrected chi connectivity index (χ1v) is 17.1. The Morgan fingerprint density at radius 2 is 0.457 bits per heavy atom. The Labute approximate surface area is 225 Å². The van der Waals surface area contributed by atoms with Crippen molar-refractivity contribution < 1.29 is 0 Å². The third-order valence-corrected chi connectivity index (χ3v) is 8.64. The Kier molecular flexibility index (Phi) is 28.6. The van der Waals surface area contributed by atoms with Crippen LogP contribution in [-0.2, 0) is 0 Å². The highest BCUT2D eigenvalue weighted by Gasteiger charge is 2.06. The van der Waals surface area contributed by atoms with Gasteiger partial charge in [-0.25, -0.2) is 0 Å². The van der Waals surface area contributed by atoms with E-state index in [0.717, 1.165) is 17.8 Å². The highest BCUT2D eigenvalue weighted by Crippen LogP contribution is 2.22. The fourth-order valence-corrected chi connectivity index (χ4v) is 5.84. The number of hydrogen-bond acceptors (Lipinski definition) is 0. The van der Waals surface area contributed by atoms with Crippen LogP contribution in [0.3, 0.4) is 0 Å². The minimum atomic E-state index is 0.951. The molecule has 35 heavy (non-hydrogen) atoms. The zero-order chi connectivity index (χ0) is 25.8. The molecule has 0 aliphatic rings. The summed E-state index contributed by atoms with van der Waals surface area (Å²) < 4.78 is 0. The second-order valence-electron chi connectivity index (χ2n) is 12.8. The van der Waals surface area contributed by atoms with Gasteiger partial charge < -0.3 is 0 Å². The molecule has 0 aromatic rings. The number of hydrogen-bond donors (Lipinski definition) is 0. The molecule has 0 aliphatic heterocycles. The summed E-state index contributed by atoms with van der Waals surface area (Å²) in [7, 11) is 0. The van der Waals surface area contributed by atoms with Gasteiger partial charge in [0.05, 0.1) is 0 Å². The summed E-state index contributed by atoms with van der Waals surface area (Å²) in [6, 6.07) is 0. The first-order valence-electron chi connectivity index (χ1n) is 17.1. The predicted molar refractivity (Wildman–Crippen MR) is 163 cm³/mol. The maximum absolute atomic E-state index is 2.51. The van der Waals surface area contributed by atoms with E-state index in [-0.39, 0.29) is 0 Å². The average Bonchev–Trinajstić information content (AvgIpc) is 2.84. The Balaban J connectivity index is 3.33. The van der Waals surface area contributed by atoms with Crippen LogP contribution in [0.25, 0.3) is 0 Å². The van der Waals surface area contributed by atoms with Gasteiger partial charge in [-0.05, 0) is 17.8 Å². The van der Waals surface area contributed by atoms with Crippen molar-refractivity contribution in [2.45, 2.75) is 208 Å². The second kappa shape index (κ2) is 28.6. The summed E-state index contributed by atoms with van der Waals surface area (Å²) in [5.41, 5.74) is 0. The highest BCUT2D eigenvalue weighted by molar-refractivity contribution is 4.60. The van der Waals surface area contributed by atoms with Gasteiger partial charge in [0, 0.05) is 0 Å². The number of unbranched alkanes of at least 4 members (excludes halogenated alkanes) is 17. The van der Waals surface area contributed by atoms with Crippen molar-refractivity contribution in [1.82, 2.24) is 0 Å². The predicted octanol–water partition coefficient (Wildman–Crippen LogP) is 13.5. The zero-order valence-electron chi connectivity index (χ0n) is 25.8. The fourth-order valence-electron chi connectivity index (χ4n) is 5.84. The first kappa shape index (κ1) is 35.0. The molecule has 0 aliphatic carbocycles. The summed E-state index contributed by atoms with van der Waals surface area (Å²) in [4.78, 5) is 0. The molecular weight excluding hydrogens is 420 g/mol. The highest BCUT2D eigenvalue weighted by atomic mass is 14.1. The van der Waals surface area contributed by atoms with Crippen LogP contribution in [0.4, 0.5) is 0 Å². The summed E-state index contributed by atoms with van der Waals surface area (Å²) in [5.74, 6) is 2.87. The summed E-state index contributed by atoms with van der Waals surface area (Å²) in [6.07, 6.45) is 39.5. The molecule has 0 saturated heterocycles. The fraction of sp³-hybridized carbons (Fsp3) is 1.00. The van der Waals surface area contributed by atoms with Crippen molar-refractivity contribution in [2.75, 3.05) is 0 Å². The standard InChI is InChI=1S/C35H72/c1-6-8-10-11-12-13-14-15-16-17-19-23-29-34(4)31-26-32-35(5)30-25-21-18-20-24-28-33(3)27-22-9-7-2/h33-35H,6-32H2,1-5H3. The number of rotatable bonds is 29. The molecule has 3 unspecified atom stereocenters. The minimum Gasteiger partial charge on any atom is -0.0654 e. The third kappa shape index (κ3) is 28.4. The van der Waals surface area contributed by atoms with Crippen LogP contribution in [0.2, 0.25) is 0 Å². The lowest BCUT2D eigenvalue weighted by Crippen LogP contribution is -1.99. The van der Waals surface area contributed by atoms with E-state index in [0.29, 0.717) is 0 Å². The van der Waals surface area contributed by atoms with Gasteiger partial charge in [0.25, 0.3) is 0 Å². The molecule has 3 atom stereocenters. The Hall–Kier alpha value is 0. The molecule has 0 nitrogen and oxygen atoms in total. The van der Waals surface area contributed by atoms with E-state index in [2.05, 4.69) is 34.6 Å². The minimum absolute atomic E-state index is 0.951. The van der Waals surface area contributed by atoms with Crippen LogP contribution in [0.1, 0.15) is 208 Å².